The van der Waals surface area contributed by atoms with Crippen LogP contribution in [0.15, 0.2) is 48.6 Å². The molecule has 0 fully saturated rings. The predicted molar refractivity (Wildman–Crippen MR) is 83.3 cm³/mol. The Hall–Kier alpha value is -2.10. The zero-order valence-electron chi connectivity index (χ0n) is 13.3. The van der Waals surface area contributed by atoms with Gasteiger partial charge in [-0.15, -0.1) is 0 Å². The lowest BCUT2D eigenvalue weighted by atomic mass is 9.96. The van der Waals surface area contributed by atoms with Crippen LogP contribution in [0.3, 0.4) is 0 Å². The van der Waals surface area contributed by atoms with Gasteiger partial charge in [-0.1, -0.05) is 57.2 Å². The number of allylic oxidation sites excluding steroid dienone is 6. The average Bonchev–Trinajstić information content (AvgIpc) is 2.37. The Morgan fingerprint density at radius 2 is 1.19 bits per heavy atom. The van der Waals surface area contributed by atoms with Crippen molar-refractivity contribution in [2.24, 2.45) is 5.41 Å². The fourth-order valence-electron chi connectivity index (χ4n) is 1.16. The maximum Gasteiger partial charge on any atom is 0.333 e. The Balaban J connectivity index is 4.75. The Bertz CT molecular complexity index is 412. The second-order valence-electron chi connectivity index (χ2n) is 5.34. The van der Waals surface area contributed by atoms with Gasteiger partial charge in [0.15, 0.2) is 0 Å². The zero-order valence-corrected chi connectivity index (χ0v) is 13.3. The molecule has 0 aliphatic heterocycles. The van der Waals surface area contributed by atoms with Crippen LogP contribution in [-0.4, -0.2) is 18.2 Å². The van der Waals surface area contributed by atoms with E-state index in [1.54, 1.807) is 36.5 Å². The fraction of sp³-hybridized carbons (Fsp3) is 0.412. The van der Waals surface area contributed by atoms with E-state index < -0.39 is 23.6 Å². The highest BCUT2D eigenvalue weighted by molar-refractivity contribution is 5.84. The molecule has 0 radical (unpaired) electrons. The molecule has 0 aromatic rings. The first-order valence-electron chi connectivity index (χ1n) is 6.81. The van der Waals surface area contributed by atoms with Crippen molar-refractivity contribution in [1.29, 1.82) is 0 Å². The summed E-state index contributed by atoms with van der Waals surface area (Å²) < 4.78 is 10.4. The summed E-state index contributed by atoms with van der Waals surface area (Å²) in [5, 5.41) is 0. The molecule has 21 heavy (non-hydrogen) atoms. The van der Waals surface area contributed by atoms with E-state index >= 15 is 0 Å². The molecule has 4 heteroatoms. The Labute approximate surface area is 126 Å². The van der Waals surface area contributed by atoms with Crippen LogP contribution in [0.2, 0.25) is 0 Å². The number of rotatable bonds is 6. The molecule has 0 heterocycles. The summed E-state index contributed by atoms with van der Waals surface area (Å²) in [6.07, 6.45) is 11.7. The molecule has 4 nitrogen and oxygen atoms in total. The van der Waals surface area contributed by atoms with E-state index in [4.69, 9.17) is 9.47 Å². The van der Waals surface area contributed by atoms with E-state index in [-0.39, 0.29) is 0 Å². The van der Waals surface area contributed by atoms with Crippen LogP contribution in [0, 0.1) is 5.41 Å². The van der Waals surface area contributed by atoms with Gasteiger partial charge in [-0.3, -0.25) is 0 Å². The first-order valence-corrected chi connectivity index (χ1v) is 6.81. The van der Waals surface area contributed by atoms with Crippen LogP contribution >= 0.6 is 0 Å². The van der Waals surface area contributed by atoms with Gasteiger partial charge in [0.1, 0.15) is 0 Å². The minimum atomic E-state index is -0.956. The van der Waals surface area contributed by atoms with Crippen molar-refractivity contribution in [3.8, 4) is 0 Å². The molecule has 0 bridgehead atoms. The van der Waals surface area contributed by atoms with E-state index in [0.29, 0.717) is 0 Å². The quantitative estimate of drug-likeness (QED) is 0.324. The highest BCUT2D eigenvalue weighted by Gasteiger charge is 2.31. The van der Waals surface area contributed by atoms with Crippen molar-refractivity contribution in [2.45, 2.75) is 40.9 Å². The molecule has 0 aromatic carbocycles. The summed E-state index contributed by atoms with van der Waals surface area (Å²) in [4.78, 5) is 23.3. The average molecular weight is 292 g/mol. The topological polar surface area (TPSA) is 52.6 Å². The molecule has 0 aliphatic carbocycles. The van der Waals surface area contributed by atoms with E-state index in [0.717, 1.165) is 0 Å². The van der Waals surface area contributed by atoms with E-state index in [1.807, 2.05) is 34.6 Å². The van der Waals surface area contributed by atoms with Crippen LogP contribution < -0.4 is 0 Å². The zero-order chi connectivity index (χ0) is 16.3. The number of esters is 2. The van der Waals surface area contributed by atoms with Gasteiger partial charge in [0.2, 0.25) is 0 Å². The third-order valence-corrected chi connectivity index (χ3v) is 2.23. The molecule has 0 aliphatic rings. The normalized spacial score (nSPS) is 13.0. The van der Waals surface area contributed by atoms with Gasteiger partial charge >= 0.3 is 11.9 Å². The molecular weight excluding hydrogens is 268 g/mol. The molecular formula is C17H24O4. The van der Waals surface area contributed by atoms with Crippen LogP contribution in [0.1, 0.15) is 34.6 Å². The molecule has 0 saturated carbocycles. The Morgan fingerprint density at radius 1 is 0.810 bits per heavy atom. The number of ether oxygens (including phenoxy) is 2. The van der Waals surface area contributed by atoms with Gasteiger partial charge in [0.05, 0.1) is 0 Å². The highest BCUT2D eigenvalue weighted by atomic mass is 16.7. The monoisotopic (exact) mass is 292 g/mol. The maximum atomic E-state index is 11.7. The van der Waals surface area contributed by atoms with Crippen LogP contribution in [0.4, 0.5) is 0 Å². The van der Waals surface area contributed by atoms with Crippen LogP contribution in [0.25, 0.3) is 0 Å². The molecule has 116 valence electrons. The van der Waals surface area contributed by atoms with Crippen molar-refractivity contribution in [1.82, 2.24) is 0 Å². The predicted octanol–water partition coefficient (Wildman–Crippen LogP) is 3.71. The summed E-state index contributed by atoms with van der Waals surface area (Å²) >= 11 is 0. The van der Waals surface area contributed by atoms with Crippen molar-refractivity contribution in [3.63, 3.8) is 0 Å². The maximum absolute atomic E-state index is 11.7. The molecule has 0 unspecified atom stereocenters. The molecule has 0 saturated heterocycles. The van der Waals surface area contributed by atoms with E-state index in [2.05, 4.69) is 0 Å². The lowest BCUT2D eigenvalue weighted by Crippen LogP contribution is -2.35. The molecule has 0 amide bonds. The second-order valence-corrected chi connectivity index (χ2v) is 5.34. The molecule has 0 N–H and O–H groups in total. The van der Waals surface area contributed by atoms with Gasteiger partial charge < -0.3 is 9.47 Å². The van der Waals surface area contributed by atoms with Crippen molar-refractivity contribution in [2.75, 3.05) is 0 Å². The smallest absolute Gasteiger partial charge is 0.333 e. The van der Waals surface area contributed by atoms with E-state index in [9.17, 15) is 9.59 Å². The summed E-state index contributed by atoms with van der Waals surface area (Å²) in [5.41, 5.74) is -0.520. The second kappa shape index (κ2) is 9.75. The minimum Gasteiger partial charge on any atom is -0.421 e. The van der Waals surface area contributed by atoms with Gasteiger partial charge in [-0.2, -0.15) is 0 Å². The fourth-order valence-corrected chi connectivity index (χ4v) is 1.16. The third-order valence-electron chi connectivity index (χ3n) is 2.23. The van der Waals surface area contributed by atoms with Gasteiger partial charge in [0, 0.05) is 17.6 Å². The molecule has 0 rings (SSSR count). The lowest BCUT2D eigenvalue weighted by molar-refractivity contribution is -0.200. The largest absolute Gasteiger partial charge is 0.421 e. The summed E-state index contributed by atoms with van der Waals surface area (Å²) in [6, 6.07) is 0. The van der Waals surface area contributed by atoms with Crippen LogP contribution in [-0.2, 0) is 19.1 Å². The van der Waals surface area contributed by atoms with Gasteiger partial charge in [0.25, 0.3) is 6.29 Å². The standard InChI is InChI=1S/C17H24O4/c1-6-8-10-12-14(18)20-16(17(3,4)5)21-15(19)13-11-9-7-2/h6-13,16H,1-5H3/b8-6+,9-7+,12-10+,13-11+. The Kier molecular flexibility index (Phi) is 8.77. The SMILES string of the molecule is C/C=C/C=C/C(=O)OC(OC(=O)/C=C/C=C/C)C(C)(C)C. The van der Waals surface area contributed by atoms with Crippen LogP contribution in [0.5, 0.6) is 0 Å². The first kappa shape index (κ1) is 18.9. The molecule has 0 aromatic heterocycles. The first-order chi connectivity index (χ1) is 9.81. The van der Waals surface area contributed by atoms with Gasteiger partial charge in [-0.25, -0.2) is 9.59 Å². The molecule has 0 spiro atoms. The van der Waals surface area contributed by atoms with Gasteiger partial charge in [-0.05, 0) is 13.8 Å². The molecule has 0 atom stereocenters. The summed E-state index contributed by atoms with van der Waals surface area (Å²) in [5.74, 6) is -1.11. The summed E-state index contributed by atoms with van der Waals surface area (Å²) in [6.45, 7) is 9.15. The lowest BCUT2D eigenvalue weighted by Gasteiger charge is -2.28. The summed E-state index contributed by atoms with van der Waals surface area (Å²) in [7, 11) is 0. The number of hydrogen-bond donors (Lipinski definition) is 0. The minimum absolute atomic E-state index is 0.520. The van der Waals surface area contributed by atoms with Crippen molar-refractivity contribution >= 4 is 11.9 Å². The Morgan fingerprint density at radius 3 is 1.48 bits per heavy atom. The number of carbonyl (C=O) groups is 2. The van der Waals surface area contributed by atoms with E-state index in [1.165, 1.54) is 12.2 Å². The number of hydrogen-bond acceptors (Lipinski definition) is 4. The van der Waals surface area contributed by atoms with Crippen molar-refractivity contribution < 1.29 is 19.1 Å². The number of carbonyl (C=O) groups excluding carboxylic acids is 2. The highest BCUT2D eigenvalue weighted by Crippen LogP contribution is 2.24. The van der Waals surface area contributed by atoms with Crippen molar-refractivity contribution in [3.05, 3.63) is 48.6 Å². The third kappa shape index (κ3) is 9.44.